The lowest BCUT2D eigenvalue weighted by atomic mass is 10.2. The van der Waals surface area contributed by atoms with Crippen molar-refractivity contribution in [2.75, 3.05) is 19.6 Å². The number of carbonyl (C=O) groups is 2. The average Bonchev–Trinajstić information content (AvgIpc) is 3.04. The van der Waals surface area contributed by atoms with Crippen LogP contribution in [0.2, 0.25) is 0 Å². The number of carbonyl (C=O) groups excluding carboxylic acids is 2. The van der Waals surface area contributed by atoms with Gasteiger partial charge in [-0.15, -0.1) is 0 Å². The minimum Gasteiger partial charge on any atom is -0.339 e. The van der Waals surface area contributed by atoms with E-state index in [-0.39, 0.29) is 17.9 Å². The minimum atomic E-state index is -0.330. The fourth-order valence-electron chi connectivity index (χ4n) is 2.45. The van der Waals surface area contributed by atoms with Crippen molar-refractivity contribution in [1.82, 2.24) is 9.80 Å². The summed E-state index contributed by atoms with van der Waals surface area (Å²) in [5, 5.41) is 8.89. The second kappa shape index (κ2) is 5.67. The van der Waals surface area contributed by atoms with E-state index in [9.17, 15) is 9.59 Å². The molecular formula is C13H17N3O2. The molecular weight excluding hydrogens is 230 g/mol. The van der Waals surface area contributed by atoms with Crippen molar-refractivity contribution in [1.29, 1.82) is 5.26 Å². The normalized spacial score (nSPS) is 23.6. The molecule has 0 radical (unpaired) electrons. The van der Waals surface area contributed by atoms with Crippen LogP contribution in [-0.2, 0) is 9.59 Å². The smallest absolute Gasteiger partial charge is 0.247 e. The Bertz CT molecular complexity index is 405. The summed E-state index contributed by atoms with van der Waals surface area (Å²) in [6.07, 6.45) is 6.30. The lowest BCUT2D eigenvalue weighted by molar-refractivity contribution is -0.127. The van der Waals surface area contributed by atoms with Gasteiger partial charge in [0.15, 0.2) is 0 Å². The SMILES string of the molecule is N#C[C@@H]1CCCN1C(=O)/C=C/C(=O)N1CCCC1. The van der Waals surface area contributed by atoms with E-state index in [2.05, 4.69) is 6.07 Å². The van der Waals surface area contributed by atoms with Gasteiger partial charge >= 0.3 is 0 Å². The van der Waals surface area contributed by atoms with E-state index >= 15 is 0 Å². The van der Waals surface area contributed by atoms with Gasteiger partial charge in [-0.05, 0) is 25.7 Å². The molecule has 2 aliphatic heterocycles. The molecule has 2 saturated heterocycles. The maximum atomic E-state index is 11.9. The van der Waals surface area contributed by atoms with Gasteiger partial charge in [-0.3, -0.25) is 9.59 Å². The standard InChI is InChI=1S/C13H17N3O2/c14-10-11-4-3-9-16(11)13(18)6-5-12(17)15-7-1-2-8-15/h5-6,11H,1-4,7-9H2/b6-5+/t11-/m0/s1. The lowest BCUT2D eigenvalue weighted by Crippen LogP contribution is -2.33. The highest BCUT2D eigenvalue weighted by Crippen LogP contribution is 2.16. The van der Waals surface area contributed by atoms with Crippen LogP contribution in [0.1, 0.15) is 25.7 Å². The highest BCUT2D eigenvalue weighted by atomic mass is 16.2. The second-order valence-corrected chi connectivity index (χ2v) is 4.68. The van der Waals surface area contributed by atoms with Gasteiger partial charge in [0.05, 0.1) is 6.07 Å². The van der Waals surface area contributed by atoms with Crippen LogP contribution in [0.5, 0.6) is 0 Å². The van der Waals surface area contributed by atoms with Gasteiger partial charge in [0.2, 0.25) is 11.8 Å². The van der Waals surface area contributed by atoms with Gasteiger partial charge < -0.3 is 9.80 Å². The van der Waals surface area contributed by atoms with Crippen LogP contribution < -0.4 is 0 Å². The molecule has 0 aliphatic carbocycles. The Morgan fingerprint density at radius 1 is 1.06 bits per heavy atom. The first kappa shape index (κ1) is 12.6. The molecule has 1 atom stereocenters. The summed E-state index contributed by atoms with van der Waals surface area (Å²) in [6, 6.07) is 1.78. The zero-order valence-corrected chi connectivity index (χ0v) is 10.3. The van der Waals surface area contributed by atoms with Crippen molar-refractivity contribution in [2.24, 2.45) is 0 Å². The molecule has 2 fully saturated rings. The fourth-order valence-corrected chi connectivity index (χ4v) is 2.45. The largest absolute Gasteiger partial charge is 0.339 e. The lowest BCUT2D eigenvalue weighted by Gasteiger charge is -2.17. The van der Waals surface area contributed by atoms with Gasteiger partial charge in [-0.2, -0.15) is 5.26 Å². The van der Waals surface area contributed by atoms with Gasteiger partial charge in [0.1, 0.15) is 6.04 Å². The molecule has 0 unspecified atom stereocenters. The predicted octanol–water partition coefficient (Wildman–Crippen LogP) is 0.680. The number of likely N-dealkylation sites (tertiary alicyclic amines) is 2. The Morgan fingerprint density at radius 2 is 1.72 bits per heavy atom. The summed E-state index contributed by atoms with van der Waals surface area (Å²) in [5.74, 6) is -0.333. The fraction of sp³-hybridized carbons (Fsp3) is 0.615. The van der Waals surface area contributed by atoms with Crippen LogP contribution in [-0.4, -0.2) is 47.3 Å². The summed E-state index contributed by atoms with van der Waals surface area (Å²) in [6.45, 7) is 2.17. The Labute approximate surface area is 107 Å². The third kappa shape index (κ3) is 2.70. The summed E-state index contributed by atoms with van der Waals surface area (Å²) in [7, 11) is 0. The summed E-state index contributed by atoms with van der Waals surface area (Å²) in [5.41, 5.74) is 0. The molecule has 0 bridgehead atoms. The average molecular weight is 247 g/mol. The molecule has 2 heterocycles. The van der Waals surface area contributed by atoms with Crippen LogP contribution in [0.25, 0.3) is 0 Å². The van der Waals surface area contributed by atoms with E-state index in [0.29, 0.717) is 6.54 Å². The van der Waals surface area contributed by atoms with Crippen molar-refractivity contribution in [3.8, 4) is 6.07 Å². The van der Waals surface area contributed by atoms with E-state index in [4.69, 9.17) is 5.26 Å². The van der Waals surface area contributed by atoms with Crippen molar-refractivity contribution in [2.45, 2.75) is 31.7 Å². The third-order valence-corrected chi connectivity index (χ3v) is 3.47. The minimum absolute atomic E-state index is 0.103. The number of hydrogen-bond acceptors (Lipinski definition) is 3. The first-order chi connectivity index (χ1) is 8.72. The monoisotopic (exact) mass is 247 g/mol. The van der Waals surface area contributed by atoms with Gasteiger partial charge in [-0.25, -0.2) is 0 Å². The van der Waals surface area contributed by atoms with E-state index < -0.39 is 0 Å². The number of hydrogen-bond donors (Lipinski definition) is 0. The first-order valence-electron chi connectivity index (χ1n) is 6.39. The molecule has 0 saturated carbocycles. The predicted molar refractivity (Wildman–Crippen MR) is 65.3 cm³/mol. The van der Waals surface area contributed by atoms with Crippen LogP contribution in [0.3, 0.4) is 0 Å². The Hall–Kier alpha value is -1.83. The maximum absolute atomic E-state index is 11.9. The summed E-state index contributed by atoms with van der Waals surface area (Å²) >= 11 is 0. The summed E-state index contributed by atoms with van der Waals surface area (Å²) in [4.78, 5) is 26.9. The van der Waals surface area contributed by atoms with E-state index in [0.717, 1.165) is 38.8 Å². The molecule has 5 nitrogen and oxygen atoms in total. The zero-order chi connectivity index (χ0) is 13.0. The Morgan fingerprint density at radius 3 is 2.39 bits per heavy atom. The highest BCUT2D eigenvalue weighted by molar-refractivity contribution is 5.97. The third-order valence-electron chi connectivity index (χ3n) is 3.47. The Balaban J connectivity index is 1.90. The first-order valence-corrected chi connectivity index (χ1v) is 6.39. The van der Waals surface area contributed by atoms with Crippen molar-refractivity contribution >= 4 is 11.8 Å². The van der Waals surface area contributed by atoms with Crippen LogP contribution >= 0.6 is 0 Å². The van der Waals surface area contributed by atoms with Crippen molar-refractivity contribution in [3.05, 3.63) is 12.2 Å². The molecule has 18 heavy (non-hydrogen) atoms. The molecule has 5 heteroatoms. The molecule has 0 N–H and O–H groups in total. The van der Waals surface area contributed by atoms with E-state index in [1.54, 1.807) is 4.90 Å². The van der Waals surface area contributed by atoms with Crippen LogP contribution in [0, 0.1) is 11.3 Å². The number of nitriles is 1. The summed E-state index contributed by atoms with van der Waals surface area (Å²) < 4.78 is 0. The Kier molecular flexibility index (Phi) is 3.98. The second-order valence-electron chi connectivity index (χ2n) is 4.68. The van der Waals surface area contributed by atoms with Gasteiger partial charge in [-0.1, -0.05) is 0 Å². The molecule has 2 amide bonds. The van der Waals surface area contributed by atoms with Crippen molar-refractivity contribution in [3.63, 3.8) is 0 Å². The zero-order valence-electron chi connectivity index (χ0n) is 10.3. The topological polar surface area (TPSA) is 64.4 Å². The molecule has 0 spiro atoms. The van der Waals surface area contributed by atoms with E-state index in [1.807, 2.05) is 0 Å². The molecule has 0 aromatic carbocycles. The van der Waals surface area contributed by atoms with Crippen LogP contribution in [0.15, 0.2) is 12.2 Å². The molecule has 96 valence electrons. The number of amides is 2. The van der Waals surface area contributed by atoms with E-state index in [1.165, 1.54) is 17.1 Å². The molecule has 0 aromatic rings. The van der Waals surface area contributed by atoms with Crippen molar-refractivity contribution < 1.29 is 9.59 Å². The van der Waals surface area contributed by atoms with Gasteiger partial charge in [0, 0.05) is 31.8 Å². The van der Waals surface area contributed by atoms with Gasteiger partial charge in [0.25, 0.3) is 0 Å². The quantitative estimate of drug-likeness (QED) is 0.674. The maximum Gasteiger partial charge on any atom is 0.247 e. The molecule has 2 aliphatic rings. The highest BCUT2D eigenvalue weighted by Gasteiger charge is 2.27. The number of nitrogens with zero attached hydrogens (tertiary/aromatic N) is 3. The number of rotatable bonds is 2. The molecule has 0 aromatic heterocycles. The van der Waals surface area contributed by atoms with Crippen LogP contribution in [0.4, 0.5) is 0 Å². The molecule has 2 rings (SSSR count).